The van der Waals surface area contributed by atoms with E-state index in [1.807, 2.05) is 18.2 Å². The van der Waals surface area contributed by atoms with Gasteiger partial charge in [-0.15, -0.1) is 0 Å². The van der Waals surface area contributed by atoms with Gasteiger partial charge >= 0.3 is 0 Å². The van der Waals surface area contributed by atoms with Crippen molar-refractivity contribution in [2.45, 2.75) is 50.2 Å². The van der Waals surface area contributed by atoms with E-state index < -0.39 is 0 Å². The first-order valence-electron chi connectivity index (χ1n) is 10.6. The minimum atomic E-state index is -0.0293. The maximum atomic E-state index is 13.1. The number of nitrogens with one attached hydrogen (secondary N) is 2. The van der Waals surface area contributed by atoms with Gasteiger partial charge in [-0.25, -0.2) is 0 Å². The van der Waals surface area contributed by atoms with Crippen LogP contribution in [0.2, 0.25) is 0 Å². The fourth-order valence-electron chi connectivity index (χ4n) is 5.11. The van der Waals surface area contributed by atoms with Gasteiger partial charge in [0.25, 0.3) is 11.9 Å². The average molecular weight is 383 g/mol. The molecule has 150 valence electrons. The molecule has 2 N–H and O–H groups in total. The molecule has 3 saturated heterocycles. The highest BCUT2D eigenvalue weighted by Gasteiger charge is 2.36. The Balaban J connectivity index is 1.35. The molecule has 3 aliphatic rings. The van der Waals surface area contributed by atoms with Crippen LogP contribution >= 0.6 is 0 Å². The van der Waals surface area contributed by atoms with Crippen molar-refractivity contribution in [1.82, 2.24) is 20.5 Å². The summed E-state index contributed by atoms with van der Waals surface area (Å²) in [7, 11) is 2.24. The Labute approximate surface area is 165 Å². The number of piperazine rings is 1. The molecule has 2 unspecified atom stereocenters. The number of hydrogen-bond acceptors (Lipinski definition) is 6. The maximum Gasteiger partial charge on any atom is 0.298 e. The summed E-state index contributed by atoms with van der Waals surface area (Å²) in [5, 5.41) is 6.63. The van der Waals surface area contributed by atoms with Crippen molar-refractivity contribution in [1.29, 1.82) is 0 Å². The topological polar surface area (TPSA) is 73.6 Å². The molecule has 1 aromatic heterocycles. The number of fused-ring (bicyclic) bond motifs is 3. The lowest BCUT2D eigenvalue weighted by atomic mass is 9.82. The Morgan fingerprint density at radius 2 is 1.96 bits per heavy atom. The third-order valence-electron chi connectivity index (χ3n) is 6.71. The highest BCUT2D eigenvalue weighted by molar-refractivity contribution is 6.04. The summed E-state index contributed by atoms with van der Waals surface area (Å²) in [6.45, 7) is 3.58. The normalized spacial score (nSPS) is 28.5. The molecule has 2 atom stereocenters. The molecule has 1 amide bonds. The molecule has 2 aromatic rings. The lowest BCUT2D eigenvalue weighted by Crippen LogP contribution is -2.55. The fourth-order valence-corrected chi connectivity index (χ4v) is 5.11. The van der Waals surface area contributed by atoms with Crippen LogP contribution in [0.1, 0.15) is 42.5 Å². The molecule has 3 aliphatic heterocycles. The minimum absolute atomic E-state index is 0.0293. The molecule has 7 nitrogen and oxygen atoms in total. The molecule has 0 radical (unpaired) electrons. The number of benzene rings is 1. The summed E-state index contributed by atoms with van der Waals surface area (Å²) in [5.74, 6) is -0.0293. The van der Waals surface area contributed by atoms with Gasteiger partial charge < -0.3 is 24.9 Å². The summed E-state index contributed by atoms with van der Waals surface area (Å²) in [4.78, 5) is 22.4. The molecule has 5 rings (SSSR count). The lowest BCUT2D eigenvalue weighted by molar-refractivity contribution is 0.0463. The summed E-state index contributed by atoms with van der Waals surface area (Å²) in [6, 6.07) is 7.69. The predicted molar refractivity (Wildman–Crippen MR) is 109 cm³/mol. The Morgan fingerprint density at radius 1 is 1.21 bits per heavy atom. The van der Waals surface area contributed by atoms with Crippen LogP contribution in [0.3, 0.4) is 0 Å². The number of oxazole rings is 1. The quantitative estimate of drug-likeness (QED) is 0.844. The van der Waals surface area contributed by atoms with Crippen LogP contribution in [0.4, 0.5) is 6.01 Å². The van der Waals surface area contributed by atoms with Crippen LogP contribution < -0.4 is 15.5 Å². The smallest absolute Gasteiger partial charge is 0.298 e. The second-order valence-electron chi connectivity index (χ2n) is 8.43. The van der Waals surface area contributed by atoms with E-state index in [1.54, 1.807) is 0 Å². The van der Waals surface area contributed by atoms with Crippen molar-refractivity contribution in [3.8, 4) is 0 Å². The number of nitrogens with zero attached hydrogens (tertiary/aromatic N) is 3. The number of amides is 1. The first kappa shape index (κ1) is 17.9. The van der Waals surface area contributed by atoms with E-state index in [1.165, 1.54) is 19.3 Å². The second-order valence-corrected chi connectivity index (χ2v) is 8.43. The summed E-state index contributed by atoms with van der Waals surface area (Å²) < 4.78 is 5.96. The molecule has 0 saturated carbocycles. The zero-order valence-corrected chi connectivity index (χ0v) is 16.5. The van der Waals surface area contributed by atoms with Crippen LogP contribution in [0.25, 0.3) is 11.1 Å². The summed E-state index contributed by atoms with van der Waals surface area (Å²) >= 11 is 0. The zero-order chi connectivity index (χ0) is 19.1. The van der Waals surface area contributed by atoms with Crippen molar-refractivity contribution >= 4 is 23.0 Å². The number of piperidine rings is 2. The van der Waals surface area contributed by atoms with Gasteiger partial charge in [0.15, 0.2) is 5.58 Å². The maximum absolute atomic E-state index is 13.1. The number of carbonyl (C=O) groups is 1. The molecule has 28 heavy (non-hydrogen) atoms. The highest BCUT2D eigenvalue weighted by Crippen LogP contribution is 2.33. The van der Waals surface area contributed by atoms with E-state index in [-0.39, 0.29) is 11.9 Å². The zero-order valence-electron chi connectivity index (χ0n) is 16.5. The molecule has 3 fully saturated rings. The molecular formula is C21H29N5O2. The second kappa shape index (κ2) is 7.37. The number of hydrogen-bond donors (Lipinski definition) is 2. The van der Waals surface area contributed by atoms with Gasteiger partial charge in [-0.2, -0.15) is 4.98 Å². The molecule has 7 heteroatoms. The highest BCUT2D eigenvalue weighted by atomic mass is 16.4. The molecule has 0 spiro atoms. The fraction of sp³-hybridized carbons (Fsp3) is 0.619. The van der Waals surface area contributed by atoms with Gasteiger partial charge in [-0.05, 0) is 44.9 Å². The van der Waals surface area contributed by atoms with Crippen LogP contribution in [-0.4, -0.2) is 67.1 Å². The monoisotopic (exact) mass is 383 g/mol. The third kappa shape index (κ3) is 3.26. The predicted octanol–water partition coefficient (Wildman–Crippen LogP) is 1.98. The first-order valence-corrected chi connectivity index (χ1v) is 10.6. The minimum Gasteiger partial charge on any atom is -0.423 e. The standard InChI is InChI=1S/C21H29N5O2/c1-25-15-4-2-5-16(25)13-14(12-15)23-20(27)17-6-3-7-18-19(17)24-21(28-18)26-10-8-22-9-11-26/h3,6-7,14-16,22H,2,4-5,8-13H2,1H3,(H,23,27). The number of carbonyl (C=O) groups excluding carboxylic acids is 1. The number of anilines is 1. The number of para-hydroxylation sites is 1. The van der Waals surface area contributed by atoms with Gasteiger partial charge in [0.1, 0.15) is 5.52 Å². The van der Waals surface area contributed by atoms with Crippen LogP contribution in [0.5, 0.6) is 0 Å². The van der Waals surface area contributed by atoms with Gasteiger partial charge in [0.05, 0.1) is 5.56 Å². The number of aromatic nitrogens is 1. The Kier molecular flexibility index (Phi) is 4.72. The van der Waals surface area contributed by atoms with Crippen molar-refractivity contribution in [3.63, 3.8) is 0 Å². The van der Waals surface area contributed by atoms with E-state index in [2.05, 4.69) is 32.5 Å². The lowest BCUT2D eigenvalue weighted by Gasteiger charge is -2.47. The first-order chi connectivity index (χ1) is 13.7. The van der Waals surface area contributed by atoms with Gasteiger partial charge in [0.2, 0.25) is 0 Å². The van der Waals surface area contributed by atoms with Crippen molar-refractivity contribution < 1.29 is 9.21 Å². The third-order valence-corrected chi connectivity index (χ3v) is 6.71. The van der Waals surface area contributed by atoms with E-state index in [0.717, 1.165) is 39.0 Å². The Bertz CT molecular complexity index is 846. The van der Waals surface area contributed by atoms with Crippen molar-refractivity contribution in [2.75, 3.05) is 38.1 Å². The largest absolute Gasteiger partial charge is 0.423 e. The molecule has 0 aliphatic carbocycles. The van der Waals surface area contributed by atoms with Gasteiger partial charge in [0, 0.05) is 44.3 Å². The molecule has 2 bridgehead atoms. The van der Waals surface area contributed by atoms with Crippen LogP contribution in [0, 0.1) is 0 Å². The summed E-state index contributed by atoms with van der Waals surface area (Å²) in [5.41, 5.74) is 1.97. The van der Waals surface area contributed by atoms with E-state index in [4.69, 9.17) is 4.42 Å². The van der Waals surface area contributed by atoms with E-state index in [9.17, 15) is 4.79 Å². The van der Waals surface area contributed by atoms with Crippen LogP contribution in [-0.2, 0) is 0 Å². The SMILES string of the molecule is CN1C2CCCC1CC(NC(=O)c1cccc3oc(N4CCNCC4)nc13)C2. The Hall–Kier alpha value is -2.12. The molecule has 4 heterocycles. The average Bonchev–Trinajstić information content (AvgIpc) is 3.14. The van der Waals surface area contributed by atoms with Crippen molar-refractivity contribution in [3.05, 3.63) is 23.8 Å². The Morgan fingerprint density at radius 3 is 2.71 bits per heavy atom. The molecule has 1 aromatic carbocycles. The number of rotatable bonds is 3. The van der Waals surface area contributed by atoms with E-state index in [0.29, 0.717) is 34.8 Å². The van der Waals surface area contributed by atoms with Gasteiger partial charge in [-0.1, -0.05) is 12.5 Å². The van der Waals surface area contributed by atoms with Crippen molar-refractivity contribution in [2.24, 2.45) is 0 Å². The summed E-state index contributed by atoms with van der Waals surface area (Å²) in [6.07, 6.45) is 5.88. The van der Waals surface area contributed by atoms with Gasteiger partial charge in [-0.3, -0.25) is 4.79 Å². The van der Waals surface area contributed by atoms with Crippen LogP contribution in [0.15, 0.2) is 22.6 Å². The molecular weight excluding hydrogens is 354 g/mol. The van der Waals surface area contributed by atoms with E-state index >= 15 is 0 Å².